The third-order valence-electron chi connectivity index (χ3n) is 3.32. The zero-order valence-corrected chi connectivity index (χ0v) is 11.3. The van der Waals surface area contributed by atoms with Crippen LogP contribution in [0.4, 0.5) is 0 Å². The second-order valence-corrected chi connectivity index (χ2v) is 4.79. The van der Waals surface area contributed by atoms with Gasteiger partial charge in [0.25, 0.3) is 0 Å². The third kappa shape index (κ3) is 4.23. The maximum atomic E-state index is 8.95. The molecular weight excluding hydrogens is 240 g/mol. The van der Waals surface area contributed by atoms with Crippen LogP contribution in [0.1, 0.15) is 12.0 Å². The lowest BCUT2D eigenvalue weighted by Gasteiger charge is -2.33. The van der Waals surface area contributed by atoms with Crippen LogP contribution in [-0.2, 0) is 4.74 Å². The second kappa shape index (κ2) is 7.13. The van der Waals surface area contributed by atoms with Gasteiger partial charge in [-0.2, -0.15) is 5.26 Å². The zero-order valence-electron chi connectivity index (χ0n) is 11.3. The van der Waals surface area contributed by atoms with Crippen molar-refractivity contribution in [2.75, 3.05) is 32.9 Å². The monoisotopic (exact) mass is 260 g/mol. The largest absolute Gasteiger partial charge is 0.492 e. The van der Waals surface area contributed by atoms with Crippen LogP contribution >= 0.6 is 0 Å². The van der Waals surface area contributed by atoms with E-state index in [2.05, 4.69) is 11.0 Å². The van der Waals surface area contributed by atoms with Crippen LogP contribution in [0.5, 0.6) is 5.75 Å². The highest BCUT2D eigenvalue weighted by Gasteiger charge is 2.21. The van der Waals surface area contributed by atoms with E-state index in [0.717, 1.165) is 32.1 Å². The van der Waals surface area contributed by atoms with E-state index in [1.807, 2.05) is 31.2 Å². The minimum Gasteiger partial charge on any atom is -0.492 e. The smallest absolute Gasteiger partial charge is 0.119 e. The van der Waals surface area contributed by atoms with Gasteiger partial charge in [-0.1, -0.05) is 12.1 Å². The summed E-state index contributed by atoms with van der Waals surface area (Å²) in [6.07, 6.45) is 0.492. The number of ether oxygens (including phenoxy) is 2. The lowest BCUT2D eigenvalue weighted by Crippen LogP contribution is -2.46. The van der Waals surface area contributed by atoms with E-state index < -0.39 is 0 Å². The summed E-state index contributed by atoms with van der Waals surface area (Å²) in [4.78, 5) is 2.28. The molecule has 1 aliphatic rings. The standard InChI is InChI=1S/C15H20N2O2/c1-13-3-2-4-15(11-13)19-12-14(5-6-16)17-7-9-18-10-8-17/h2-4,11,14H,5,7-10,12H2,1H3. The fraction of sp³-hybridized carbons (Fsp3) is 0.533. The van der Waals surface area contributed by atoms with Gasteiger partial charge in [-0.25, -0.2) is 0 Å². The van der Waals surface area contributed by atoms with Crippen LogP contribution in [0.15, 0.2) is 24.3 Å². The number of rotatable bonds is 5. The SMILES string of the molecule is Cc1cccc(OCC(CC#N)N2CCOCC2)c1. The van der Waals surface area contributed by atoms with Gasteiger partial charge in [-0.3, -0.25) is 4.90 Å². The Morgan fingerprint density at radius 3 is 2.89 bits per heavy atom. The van der Waals surface area contributed by atoms with Crippen molar-refractivity contribution < 1.29 is 9.47 Å². The lowest BCUT2D eigenvalue weighted by molar-refractivity contribution is 0.00715. The molecule has 1 atom stereocenters. The first-order valence-electron chi connectivity index (χ1n) is 6.68. The number of benzene rings is 1. The van der Waals surface area contributed by atoms with Crippen LogP contribution in [0, 0.1) is 18.3 Å². The number of nitrogens with zero attached hydrogens (tertiary/aromatic N) is 2. The summed E-state index contributed by atoms with van der Waals surface area (Å²) in [7, 11) is 0. The Bertz CT molecular complexity index is 436. The van der Waals surface area contributed by atoms with Crippen molar-refractivity contribution in [1.29, 1.82) is 5.26 Å². The summed E-state index contributed by atoms with van der Waals surface area (Å²) < 4.78 is 11.2. The predicted molar refractivity (Wildman–Crippen MR) is 73.1 cm³/mol. The molecule has 0 amide bonds. The Kier molecular flexibility index (Phi) is 5.20. The molecule has 1 unspecified atom stereocenters. The van der Waals surface area contributed by atoms with E-state index in [0.29, 0.717) is 13.0 Å². The van der Waals surface area contributed by atoms with Gasteiger partial charge in [0.1, 0.15) is 12.4 Å². The summed E-state index contributed by atoms with van der Waals surface area (Å²) in [6.45, 7) is 5.84. The first-order valence-corrected chi connectivity index (χ1v) is 6.68. The van der Waals surface area contributed by atoms with Crippen molar-refractivity contribution in [2.24, 2.45) is 0 Å². The molecule has 19 heavy (non-hydrogen) atoms. The maximum Gasteiger partial charge on any atom is 0.119 e. The van der Waals surface area contributed by atoms with Crippen molar-refractivity contribution in [3.8, 4) is 11.8 Å². The van der Waals surface area contributed by atoms with Crippen LogP contribution in [0.3, 0.4) is 0 Å². The summed E-state index contributed by atoms with van der Waals surface area (Å²) in [6, 6.07) is 10.4. The molecule has 0 aliphatic carbocycles. The highest BCUT2D eigenvalue weighted by atomic mass is 16.5. The fourth-order valence-electron chi connectivity index (χ4n) is 2.24. The zero-order chi connectivity index (χ0) is 13.5. The number of aryl methyl sites for hydroxylation is 1. The van der Waals surface area contributed by atoms with E-state index in [-0.39, 0.29) is 6.04 Å². The second-order valence-electron chi connectivity index (χ2n) is 4.79. The molecule has 0 aromatic heterocycles. The van der Waals surface area contributed by atoms with Crippen LogP contribution in [-0.4, -0.2) is 43.9 Å². The summed E-state index contributed by atoms with van der Waals surface area (Å²) >= 11 is 0. The van der Waals surface area contributed by atoms with Gasteiger partial charge in [0.15, 0.2) is 0 Å². The number of hydrogen-bond donors (Lipinski definition) is 0. The lowest BCUT2D eigenvalue weighted by atomic mass is 10.2. The topological polar surface area (TPSA) is 45.5 Å². The molecule has 0 N–H and O–H groups in total. The van der Waals surface area contributed by atoms with Gasteiger partial charge < -0.3 is 9.47 Å². The Morgan fingerprint density at radius 2 is 2.21 bits per heavy atom. The van der Waals surface area contributed by atoms with Crippen molar-refractivity contribution in [3.63, 3.8) is 0 Å². The molecular formula is C15H20N2O2. The van der Waals surface area contributed by atoms with E-state index in [4.69, 9.17) is 14.7 Å². The molecule has 0 radical (unpaired) electrons. The molecule has 1 fully saturated rings. The van der Waals surface area contributed by atoms with Crippen molar-refractivity contribution in [2.45, 2.75) is 19.4 Å². The van der Waals surface area contributed by atoms with E-state index in [9.17, 15) is 0 Å². The molecule has 0 saturated carbocycles. The molecule has 1 heterocycles. The van der Waals surface area contributed by atoms with Gasteiger partial charge in [0, 0.05) is 13.1 Å². The van der Waals surface area contributed by atoms with Gasteiger partial charge >= 0.3 is 0 Å². The van der Waals surface area contributed by atoms with Crippen LogP contribution in [0.2, 0.25) is 0 Å². The van der Waals surface area contributed by atoms with E-state index in [1.54, 1.807) is 0 Å². The quantitative estimate of drug-likeness (QED) is 0.812. The van der Waals surface area contributed by atoms with E-state index in [1.165, 1.54) is 5.56 Å². The highest BCUT2D eigenvalue weighted by molar-refractivity contribution is 5.27. The Balaban J connectivity index is 1.91. The summed E-state index contributed by atoms with van der Waals surface area (Å²) in [5.74, 6) is 0.871. The minimum atomic E-state index is 0.148. The average Bonchev–Trinajstić information content (AvgIpc) is 2.44. The Hall–Kier alpha value is -1.57. The van der Waals surface area contributed by atoms with Gasteiger partial charge in [-0.15, -0.1) is 0 Å². The number of nitriles is 1. The molecule has 4 nitrogen and oxygen atoms in total. The average molecular weight is 260 g/mol. The normalized spacial score (nSPS) is 17.7. The van der Waals surface area contributed by atoms with E-state index >= 15 is 0 Å². The maximum absolute atomic E-state index is 8.95. The van der Waals surface area contributed by atoms with Gasteiger partial charge in [-0.05, 0) is 24.6 Å². The molecule has 0 spiro atoms. The summed E-state index contributed by atoms with van der Waals surface area (Å²) in [5.41, 5.74) is 1.18. The summed E-state index contributed by atoms with van der Waals surface area (Å²) in [5, 5.41) is 8.95. The number of morpholine rings is 1. The third-order valence-corrected chi connectivity index (χ3v) is 3.32. The molecule has 1 aromatic carbocycles. The molecule has 4 heteroatoms. The molecule has 2 rings (SSSR count). The molecule has 1 aliphatic heterocycles. The Morgan fingerprint density at radius 1 is 1.42 bits per heavy atom. The first kappa shape index (κ1) is 13.9. The minimum absolute atomic E-state index is 0.148. The number of hydrogen-bond acceptors (Lipinski definition) is 4. The fourth-order valence-corrected chi connectivity index (χ4v) is 2.24. The molecule has 1 saturated heterocycles. The van der Waals surface area contributed by atoms with Crippen LogP contribution in [0.25, 0.3) is 0 Å². The van der Waals surface area contributed by atoms with Gasteiger partial charge in [0.05, 0.1) is 31.7 Å². The van der Waals surface area contributed by atoms with Crippen molar-refractivity contribution in [1.82, 2.24) is 4.90 Å². The molecule has 102 valence electrons. The van der Waals surface area contributed by atoms with Crippen molar-refractivity contribution >= 4 is 0 Å². The van der Waals surface area contributed by atoms with Crippen molar-refractivity contribution in [3.05, 3.63) is 29.8 Å². The Labute approximate surface area is 114 Å². The van der Waals surface area contributed by atoms with Gasteiger partial charge in [0.2, 0.25) is 0 Å². The molecule has 0 bridgehead atoms. The first-order chi connectivity index (χ1) is 9.29. The highest BCUT2D eigenvalue weighted by Crippen LogP contribution is 2.15. The van der Waals surface area contributed by atoms with Crippen LogP contribution < -0.4 is 4.74 Å². The predicted octanol–water partition coefficient (Wildman–Crippen LogP) is 1.99. The molecule has 1 aromatic rings.